The van der Waals surface area contributed by atoms with Gasteiger partial charge in [0.25, 0.3) is 0 Å². The maximum atomic E-state index is 9.45. The molecule has 0 spiro atoms. The van der Waals surface area contributed by atoms with Crippen molar-refractivity contribution in [3.63, 3.8) is 0 Å². The lowest BCUT2D eigenvalue weighted by Gasteiger charge is -2.31. The Bertz CT molecular complexity index is 965. The van der Waals surface area contributed by atoms with Crippen molar-refractivity contribution in [1.29, 1.82) is 10.5 Å². The Hall–Kier alpha value is -3.82. The van der Waals surface area contributed by atoms with Gasteiger partial charge >= 0.3 is 0 Å². The third-order valence-electron chi connectivity index (χ3n) is 4.13. The molecule has 0 amide bonds. The van der Waals surface area contributed by atoms with Crippen molar-refractivity contribution in [3.8, 4) is 12.1 Å². The van der Waals surface area contributed by atoms with Gasteiger partial charge in [0.2, 0.25) is 0 Å². The van der Waals surface area contributed by atoms with Gasteiger partial charge in [-0.1, -0.05) is 66.7 Å². The van der Waals surface area contributed by atoms with Crippen molar-refractivity contribution in [2.75, 3.05) is 6.54 Å². The molecule has 0 radical (unpaired) electrons. The molecule has 3 rings (SSSR count). The Labute approximate surface area is 153 Å². The van der Waals surface area contributed by atoms with E-state index in [0.717, 1.165) is 22.4 Å². The first-order valence-electron chi connectivity index (χ1n) is 8.25. The SMILES string of the molecule is C=CCN1C(c2ccccc2)=CC(c2ccccc2)=CC1=C(C#N)C#N. The summed E-state index contributed by atoms with van der Waals surface area (Å²) in [6.07, 6.45) is 5.75. The van der Waals surface area contributed by atoms with Crippen LogP contribution in [0.4, 0.5) is 0 Å². The second kappa shape index (κ2) is 7.83. The molecule has 0 aliphatic carbocycles. The van der Waals surface area contributed by atoms with Crippen molar-refractivity contribution < 1.29 is 0 Å². The van der Waals surface area contributed by atoms with Crippen LogP contribution in [0.3, 0.4) is 0 Å². The highest BCUT2D eigenvalue weighted by Crippen LogP contribution is 2.35. The minimum absolute atomic E-state index is 0.0850. The van der Waals surface area contributed by atoms with Crippen LogP contribution in [-0.4, -0.2) is 11.4 Å². The molecule has 1 aliphatic heterocycles. The van der Waals surface area contributed by atoms with Gasteiger partial charge < -0.3 is 4.90 Å². The molecule has 0 unspecified atom stereocenters. The van der Waals surface area contributed by atoms with E-state index in [1.165, 1.54) is 0 Å². The van der Waals surface area contributed by atoms with E-state index in [9.17, 15) is 10.5 Å². The Morgan fingerprint density at radius 2 is 1.46 bits per heavy atom. The zero-order chi connectivity index (χ0) is 18.4. The highest BCUT2D eigenvalue weighted by atomic mass is 15.1. The Morgan fingerprint density at radius 3 is 2.00 bits per heavy atom. The molecule has 1 aliphatic rings. The van der Waals surface area contributed by atoms with Crippen LogP contribution < -0.4 is 0 Å². The zero-order valence-corrected chi connectivity index (χ0v) is 14.3. The molecule has 0 saturated heterocycles. The number of allylic oxidation sites excluding steroid dienone is 4. The van der Waals surface area contributed by atoms with Crippen molar-refractivity contribution in [1.82, 2.24) is 4.90 Å². The fourth-order valence-corrected chi connectivity index (χ4v) is 2.94. The highest BCUT2D eigenvalue weighted by Gasteiger charge is 2.23. The molecule has 2 aromatic rings. The van der Waals surface area contributed by atoms with Crippen LogP contribution >= 0.6 is 0 Å². The molecule has 2 aromatic carbocycles. The normalized spacial score (nSPS) is 13.2. The minimum Gasteiger partial charge on any atom is -0.335 e. The van der Waals surface area contributed by atoms with Crippen LogP contribution in [0.1, 0.15) is 11.1 Å². The topological polar surface area (TPSA) is 50.8 Å². The van der Waals surface area contributed by atoms with Crippen molar-refractivity contribution in [2.24, 2.45) is 0 Å². The van der Waals surface area contributed by atoms with Crippen molar-refractivity contribution >= 4 is 11.3 Å². The van der Waals surface area contributed by atoms with Crippen LogP contribution in [0.2, 0.25) is 0 Å². The lowest BCUT2D eigenvalue weighted by atomic mass is 9.95. The van der Waals surface area contributed by atoms with Gasteiger partial charge in [-0.2, -0.15) is 10.5 Å². The van der Waals surface area contributed by atoms with E-state index in [0.29, 0.717) is 12.2 Å². The molecular formula is C23H17N3. The van der Waals surface area contributed by atoms with E-state index < -0.39 is 0 Å². The summed E-state index contributed by atoms with van der Waals surface area (Å²) in [5, 5.41) is 18.9. The van der Waals surface area contributed by atoms with E-state index in [4.69, 9.17) is 0 Å². The third-order valence-corrected chi connectivity index (χ3v) is 4.13. The zero-order valence-electron chi connectivity index (χ0n) is 14.3. The van der Waals surface area contributed by atoms with Crippen molar-refractivity contribution in [2.45, 2.75) is 0 Å². The summed E-state index contributed by atoms with van der Waals surface area (Å²) >= 11 is 0. The first-order valence-corrected chi connectivity index (χ1v) is 8.25. The van der Waals surface area contributed by atoms with Gasteiger partial charge in [0.1, 0.15) is 12.1 Å². The summed E-state index contributed by atoms with van der Waals surface area (Å²) in [5.41, 5.74) is 4.63. The fraction of sp³-hybridized carbons (Fsp3) is 0.0435. The summed E-state index contributed by atoms with van der Waals surface area (Å²) in [6.45, 7) is 4.33. The molecule has 0 fully saturated rings. The number of nitrogens with zero attached hydrogens (tertiary/aromatic N) is 3. The number of rotatable bonds is 4. The van der Waals surface area contributed by atoms with Crippen molar-refractivity contribution in [3.05, 3.63) is 108 Å². The summed E-state index contributed by atoms with van der Waals surface area (Å²) < 4.78 is 0. The molecule has 124 valence electrons. The quantitative estimate of drug-likeness (QED) is 0.589. The van der Waals surface area contributed by atoms with Crippen LogP contribution in [0.25, 0.3) is 11.3 Å². The first-order chi connectivity index (χ1) is 12.8. The van der Waals surface area contributed by atoms with Gasteiger partial charge in [0, 0.05) is 12.2 Å². The van der Waals surface area contributed by atoms with Crippen LogP contribution in [-0.2, 0) is 0 Å². The molecule has 0 atom stereocenters. The Balaban J connectivity index is 2.26. The lowest BCUT2D eigenvalue weighted by molar-refractivity contribution is 0.555. The molecule has 0 bridgehead atoms. The summed E-state index contributed by atoms with van der Waals surface area (Å²) in [5.74, 6) is 0. The molecular weight excluding hydrogens is 318 g/mol. The fourth-order valence-electron chi connectivity index (χ4n) is 2.94. The first kappa shape index (κ1) is 17.0. The third kappa shape index (κ3) is 3.34. The van der Waals surface area contributed by atoms with E-state index >= 15 is 0 Å². The second-order valence-corrected chi connectivity index (χ2v) is 5.74. The van der Waals surface area contributed by atoms with E-state index in [1.54, 1.807) is 6.08 Å². The van der Waals surface area contributed by atoms with E-state index in [2.05, 4.69) is 12.7 Å². The second-order valence-electron chi connectivity index (χ2n) is 5.74. The predicted octanol–water partition coefficient (Wildman–Crippen LogP) is 4.91. The molecule has 1 heterocycles. The lowest BCUT2D eigenvalue weighted by Crippen LogP contribution is -2.24. The largest absolute Gasteiger partial charge is 0.335 e. The van der Waals surface area contributed by atoms with Gasteiger partial charge in [0.15, 0.2) is 5.57 Å². The summed E-state index contributed by atoms with van der Waals surface area (Å²) in [4.78, 5) is 1.95. The van der Waals surface area contributed by atoms with Gasteiger partial charge in [-0.3, -0.25) is 0 Å². The minimum atomic E-state index is 0.0850. The number of hydrogen-bond donors (Lipinski definition) is 0. The molecule has 26 heavy (non-hydrogen) atoms. The number of benzene rings is 2. The van der Waals surface area contributed by atoms with Gasteiger partial charge in [0.05, 0.1) is 5.70 Å². The Morgan fingerprint density at radius 1 is 0.885 bits per heavy atom. The van der Waals surface area contributed by atoms with Crippen LogP contribution in [0, 0.1) is 22.7 Å². The number of nitriles is 2. The maximum absolute atomic E-state index is 9.45. The average Bonchev–Trinajstić information content (AvgIpc) is 2.71. The van der Waals surface area contributed by atoms with Crippen LogP contribution in [0.15, 0.2) is 96.7 Å². The standard InChI is InChI=1S/C23H17N3/c1-2-13-26-22(19-11-7-4-8-12-19)14-20(18-9-5-3-6-10-18)15-23(26)21(16-24)17-25/h2-12,14-15H,1,13H2. The smallest absolute Gasteiger partial charge is 0.153 e. The molecule has 3 heteroatoms. The number of hydrogen-bond acceptors (Lipinski definition) is 3. The van der Waals surface area contributed by atoms with Crippen LogP contribution in [0.5, 0.6) is 0 Å². The average molecular weight is 335 g/mol. The summed E-state index contributed by atoms with van der Waals surface area (Å²) in [7, 11) is 0. The summed E-state index contributed by atoms with van der Waals surface area (Å²) in [6, 6.07) is 23.9. The highest BCUT2D eigenvalue weighted by molar-refractivity contribution is 5.88. The van der Waals surface area contributed by atoms with E-state index in [-0.39, 0.29) is 5.57 Å². The maximum Gasteiger partial charge on any atom is 0.153 e. The monoisotopic (exact) mass is 335 g/mol. The van der Waals surface area contributed by atoms with Gasteiger partial charge in [-0.05, 0) is 28.9 Å². The molecule has 3 nitrogen and oxygen atoms in total. The predicted molar refractivity (Wildman–Crippen MR) is 104 cm³/mol. The Kier molecular flexibility index (Phi) is 5.13. The molecule has 0 saturated carbocycles. The van der Waals surface area contributed by atoms with Gasteiger partial charge in [-0.15, -0.1) is 6.58 Å². The molecule has 0 N–H and O–H groups in total. The van der Waals surface area contributed by atoms with E-state index in [1.807, 2.05) is 83.8 Å². The molecule has 0 aromatic heterocycles. The van der Waals surface area contributed by atoms with Gasteiger partial charge in [-0.25, -0.2) is 0 Å².